The summed E-state index contributed by atoms with van der Waals surface area (Å²) >= 11 is 0. The van der Waals surface area contributed by atoms with E-state index in [0.29, 0.717) is 39.3 Å². The van der Waals surface area contributed by atoms with Gasteiger partial charge in [-0.25, -0.2) is 0 Å². The summed E-state index contributed by atoms with van der Waals surface area (Å²) in [6.07, 6.45) is -0.234. The van der Waals surface area contributed by atoms with Crippen LogP contribution in [0.4, 0.5) is 0 Å². The second-order valence-corrected chi connectivity index (χ2v) is 3.66. The maximum absolute atomic E-state index is 12.1. The van der Waals surface area contributed by atoms with Crippen molar-refractivity contribution >= 4 is 5.91 Å². The van der Waals surface area contributed by atoms with Crippen molar-refractivity contribution in [3.05, 3.63) is 0 Å². The summed E-state index contributed by atoms with van der Waals surface area (Å²) in [4.78, 5) is 13.7. The van der Waals surface area contributed by atoms with E-state index in [1.807, 2.05) is 6.07 Å². The molecule has 0 bridgehead atoms. The van der Waals surface area contributed by atoms with Gasteiger partial charge in [0.15, 0.2) is 6.10 Å². The van der Waals surface area contributed by atoms with Crippen molar-refractivity contribution in [3.8, 4) is 6.07 Å². The second kappa shape index (κ2) is 8.01. The standard InChI is InChI=1S/C11H18N2O4/c1-15-6-5-13(4-2-3-12)11(14)10-9-16-7-8-17-10/h10H,2,4-9H2,1H3. The molecule has 1 unspecified atom stereocenters. The molecule has 6 nitrogen and oxygen atoms in total. The zero-order valence-electron chi connectivity index (χ0n) is 10.1. The first-order chi connectivity index (χ1) is 8.29. The molecule has 96 valence electrons. The Hall–Kier alpha value is -1.16. The molecule has 0 aromatic rings. The highest BCUT2D eigenvalue weighted by molar-refractivity contribution is 5.81. The minimum absolute atomic E-state index is 0.128. The van der Waals surface area contributed by atoms with E-state index in [0.717, 1.165) is 0 Å². The van der Waals surface area contributed by atoms with Crippen molar-refractivity contribution in [1.82, 2.24) is 4.90 Å². The minimum atomic E-state index is -0.542. The van der Waals surface area contributed by atoms with Crippen molar-refractivity contribution in [1.29, 1.82) is 5.26 Å². The van der Waals surface area contributed by atoms with Gasteiger partial charge in [0.1, 0.15) is 0 Å². The lowest BCUT2D eigenvalue weighted by molar-refractivity contribution is -0.158. The van der Waals surface area contributed by atoms with Gasteiger partial charge in [0.05, 0.1) is 38.9 Å². The number of carbonyl (C=O) groups is 1. The summed E-state index contributed by atoms with van der Waals surface area (Å²) in [7, 11) is 1.58. The molecule has 1 rings (SSSR count). The Morgan fingerprint density at radius 3 is 2.94 bits per heavy atom. The number of hydrogen-bond donors (Lipinski definition) is 0. The zero-order valence-corrected chi connectivity index (χ0v) is 10.1. The molecule has 1 aliphatic heterocycles. The normalized spacial score (nSPS) is 19.6. The lowest BCUT2D eigenvalue weighted by Crippen LogP contribution is -2.46. The van der Waals surface area contributed by atoms with Crippen LogP contribution in [0.1, 0.15) is 6.42 Å². The highest BCUT2D eigenvalue weighted by Gasteiger charge is 2.27. The number of methoxy groups -OCH3 is 1. The number of carbonyl (C=O) groups excluding carboxylic acids is 1. The summed E-state index contributed by atoms with van der Waals surface area (Å²) in [6.45, 7) is 2.57. The molecule has 0 radical (unpaired) electrons. The molecule has 0 saturated carbocycles. The fraction of sp³-hybridized carbons (Fsp3) is 0.818. The van der Waals surface area contributed by atoms with Gasteiger partial charge in [-0.2, -0.15) is 5.26 Å². The molecule has 1 atom stereocenters. The highest BCUT2D eigenvalue weighted by Crippen LogP contribution is 2.06. The second-order valence-electron chi connectivity index (χ2n) is 3.66. The van der Waals surface area contributed by atoms with Crippen LogP contribution in [0.2, 0.25) is 0 Å². The quantitative estimate of drug-likeness (QED) is 0.644. The summed E-state index contributed by atoms with van der Waals surface area (Å²) in [5, 5.41) is 8.56. The monoisotopic (exact) mass is 242 g/mol. The molecule has 0 aliphatic carbocycles. The molecular weight excluding hydrogens is 224 g/mol. The van der Waals surface area contributed by atoms with Gasteiger partial charge in [-0.15, -0.1) is 0 Å². The smallest absolute Gasteiger partial charge is 0.254 e. The van der Waals surface area contributed by atoms with Crippen molar-refractivity contribution in [3.63, 3.8) is 0 Å². The predicted molar refractivity (Wildman–Crippen MR) is 59.2 cm³/mol. The summed E-state index contributed by atoms with van der Waals surface area (Å²) in [5.41, 5.74) is 0. The van der Waals surface area contributed by atoms with Gasteiger partial charge in [0, 0.05) is 20.2 Å². The van der Waals surface area contributed by atoms with Gasteiger partial charge >= 0.3 is 0 Å². The molecule has 1 aliphatic rings. The van der Waals surface area contributed by atoms with Gasteiger partial charge in [0.25, 0.3) is 5.91 Å². The number of nitrogens with zero attached hydrogens (tertiary/aromatic N) is 2. The molecule has 0 spiro atoms. The molecule has 0 N–H and O–H groups in total. The van der Waals surface area contributed by atoms with Crippen LogP contribution >= 0.6 is 0 Å². The fourth-order valence-corrected chi connectivity index (χ4v) is 1.55. The van der Waals surface area contributed by atoms with Crippen LogP contribution in [0.25, 0.3) is 0 Å². The Morgan fingerprint density at radius 1 is 1.53 bits per heavy atom. The summed E-state index contributed by atoms with van der Waals surface area (Å²) < 4.78 is 15.5. The average molecular weight is 242 g/mol. The van der Waals surface area contributed by atoms with Crippen LogP contribution in [-0.4, -0.2) is 63.5 Å². The van der Waals surface area contributed by atoms with Crippen LogP contribution < -0.4 is 0 Å². The first kappa shape index (κ1) is 13.9. The number of hydrogen-bond acceptors (Lipinski definition) is 5. The molecule has 1 saturated heterocycles. The molecule has 0 aromatic carbocycles. The third-order valence-electron chi connectivity index (χ3n) is 2.46. The molecule has 1 heterocycles. The van der Waals surface area contributed by atoms with E-state index >= 15 is 0 Å². The van der Waals surface area contributed by atoms with Gasteiger partial charge in [-0.1, -0.05) is 0 Å². The minimum Gasteiger partial charge on any atom is -0.383 e. The van der Waals surface area contributed by atoms with Gasteiger partial charge in [-0.3, -0.25) is 4.79 Å². The first-order valence-electron chi connectivity index (χ1n) is 5.63. The van der Waals surface area contributed by atoms with E-state index in [2.05, 4.69) is 0 Å². The third kappa shape index (κ3) is 4.69. The van der Waals surface area contributed by atoms with Gasteiger partial charge < -0.3 is 19.1 Å². The average Bonchev–Trinajstić information content (AvgIpc) is 2.39. The van der Waals surface area contributed by atoms with Crippen LogP contribution in [0, 0.1) is 11.3 Å². The molecule has 0 aromatic heterocycles. The Labute approximate surface area is 101 Å². The van der Waals surface area contributed by atoms with E-state index in [1.165, 1.54) is 0 Å². The maximum Gasteiger partial charge on any atom is 0.254 e. The van der Waals surface area contributed by atoms with Crippen molar-refractivity contribution in [2.75, 3.05) is 46.6 Å². The predicted octanol–water partition coefficient (Wildman–Crippen LogP) is -0.210. The Bertz CT molecular complexity index is 271. The Morgan fingerprint density at radius 2 is 2.35 bits per heavy atom. The zero-order chi connectivity index (χ0) is 12.5. The van der Waals surface area contributed by atoms with E-state index in [4.69, 9.17) is 19.5 Å². The van der Waals surface area contributed by atoms with E-state index in [-0.39, 0.29) is 12.5 Å². The molecule has 17 heavy (non-hydrogen) atoms. The molecule has 6 heteroatoms. The Balaban J connectivity index is 2.47. The summed E-state index contributed by atoms with van der Waals surface area (Å²) in [6, 6.07) is 2.03. The number of amides is 1. The number of rotatable bonds is 6. The van der Waals surface area contributed by atoms with Gasteiger partial charge in [0.2, 0.25) is 0 Å². The molecule has 1 fully saturated rings. The summed E-state index contributed by atoms with van der Waals surface area (Å²) in [5.74, 6) is -0.128. The third-order valence-corrected chi connectivity index (χ3v) is 2.46. The van der Waals surface area contributed by atoms with Crippen molar-refractivity contribution < 1.29 is 19.0 Å². The van der Waals surface area contributed by atoms with Gasteiger partial charge in [-0.05, 0) is 0 Å². The van der Waals surface area contributed by atoms with E-state index < -0.39 is 6.10 Å². The topological polar surface area (TPSA) is 71.8 Å². The van der Waals surface area contributed by atoms with E-state index in [9.17, 15) is 4.79 Å². The number of ether oxygens (including phenoxy) is 3. The van der Waals surface area contributed by atoms with Crippen LogP contribution in [-0.2, 0) is 19.0 Å². The highest BCUT2D eigenvalue weighted by atomic mass is 16.6. The number of nitriles is 1. The van der Waals surface area contributed by atoms with Crippen LogP contribution in [0.15, 0.2) is 0 Å². The lowest BCUT2D eigenvalue weighted by Gasteiger charge is -2.28. The molecular formula is C11H18N2O4. The van der Waals surface area contributed by atoms with Crippen LogP contribution in [0.3, 0.4) is 0 Å². The largest absolute Gasteiger partial charge is 0.383 e. The van der Waals surface area contributed by atoms with E-state index in [1.54, 1.807) is 12.0 Å². The van der Waals surface area contributed by atoms with Crippen LogP contribution in [0.5, 0.6) is 0 Å². The molecule has 1 amide bonds. The van der Waals surface area contributed by atoms with Crippen molar-refractivity contribution in [2.45, 2.75) is 12.5 Å². The maximum atomic E-state index is 12.1. The first-order valence-corrected chi connectivity index (χ1v) is 5.63. The lowest BCUT2D eigenvalue weighted by atomic mass is 10.2. The fourth-order valence-electron chi connectivity index (χ4n) is 1.55. The Kier molecular flexibility index (Phi) is 6.55. The van der Waals surface area contributed by atoms with Crippen molar-refractivity contribution in [2.24, 2.45) is 0 Å². The SMILES string of the molecule is COCCN(CCC#N)C(=O)C1COCCO1.